The number of unbranched alkanes of at least 4 members (excludes halogenated alkanes) is 10. The van der Waals surface area contributed by atoms with Gasteiger partial charge in [-0.1, -0.05) is 84.0 Å². The molecule has 0 radical (unpaired) electrons. The van der Waals surface area contributed by atoms with Crippen molar-refractivity contribution in [2.45, 2.75) is 204 Å². The van der Waals surface area contributed by atoms with Crippen molar-refractivity contribution in [3.8, 4) is 0 Å². The molecule has 0 aliphatic carbocycles. The molecule has 8 unspecified atom stereocenters. The third kappa shape index (κ3) is 16.7. The Balaban J connectivity index is 1.45. The number of carbonyl (C=O) groups is 1. The maximum atomic E-state index is 11.7. The largest absolute Gasteiger partial charge is 0.455 e. The summed E-state index contributed by atoms with van der Waals surface area (Å²) in [6, 6.07) is 0. The smallest absolute Gasteiger partial charge is 0.334 e. The zero-order chi connectivity index (χ0) is 31.5. The van der Waals surface area contributed by atoms with E-state index in [0.29, 0.717) is 37.7 Å². The van der Waals surface area contributed by atoms with Crippen LogP contribution in [0.5, 0.6) is 0 Å². The van der Waals surface area contributed by atoms with Crippen molar-refractivity contribution in [2.75, 3.05) is 0 Å². The molecular weight excluding hydrogens is 548 g/mol. The number of aliphatic hydroxyl groups excluding tert-OH is 5. The van der Waals surface area contributed by atoms with Crippen molar-refractivity contribution in [2.24, 2.45) is 0 Å². The first-order valence-corrected chi connectivity index (χ1v) is 17.7. The summed E-state index contributed by atoms with van der Waals surface area (Å²) in [6.07, 6.45) is 18.1. The fourth-order valence-electron chi connectivity index (χ4n) is 6.48. The molecule has 0 amide bonds. The van der Waals surface area contributed by atoms with E-state index in [2.05, 4.69) is 6.92 Å². The third-order valence-corrected chi connectivity index (χ3v) is 9.15. The second-order valence-corrected chi connectivity index (χ2v) is 13.3. The lowest BCUT2D eigenvalue weighted by Crippen LogP contribution is -2.31. The molecule has 2 aliphatic heterocycles. The van der Waals surface area contributed by atoms with Gasteiger partial charge in [0.2, 0.25) is 0 Å². The average Bonchev–Trinajstić information content (AvgIpc) is 3.58. The normalized spacial score (nSPS) is 24.0. The summed E-state index contributed by atoms with van der Waals surface area (Å²) >= 11 is 0. The van der Waals surface area contributed by atoms with Crippen LogP contribution in [0, 0.1) is 0 Å². The van der Waals surface area contributed by atoms with Gasteiger partial charge in [-0.3, -0.25) is 0 Å². The van der Waals surface area contributed by atoms with Crippen molar-refractivity contribution in [1.29, 1.82) is 0 Å². The summed E-state index contributed by atoms with van der Waals surface area (Å²) in [5.41, 5.74) is 0.512. The lowest BCUT2D eigenvalue weighted by Gasteiger charge is -2.22. The van der Waals surface area contributed by atoms with Gasteiger partial charge in [0.05, 0.1) is 42.7 Å². The third-order valence-electron chi connectivity index (χ3n) is 9.15. The van der Waals surface area contributed by atoms with Crippen LogP contribution in [0.2, 0.25) is 0 Å². The molecule has 0 aromatic carbocycles. The van der Waals surface area contributed by atoms with Crippen molar-refractivity contribution in [3.63, 3.8) is 0 Å². The van der Waals surface area contributed by atoms with Gasteiger partial charge in [0.25, 0.3) is 0 Å². The maximum absolute atomic E-state index is 11.7. The first-order valence-electron chi connectivity index (χ1n) is 17.7. The molecule has 0 bridgehead atoms. The van der Waals surface area contributed by atoms with Crippen LogP contribution in [0.4, 0.5) is 0 Å². The second-order valence-electron chi connectivity index (χ2n) is 13.3. The van der Waals surface area contributed by atoms with Crippen LogP contribution < -0.4 is 0 Å². The van der Waals surface area contributed by atoms with E-state index in [4.69, 9.17) is 9.47 Å². The van der Waals surface area contributed by atoms with E-state index in [1.165, 1.54) is 51.4 Å². The number of cyclic esters (lactones) is 1. The lowest BCUT2D eigenvalue weighted by atomic mass is 9.97. The summed E-state index contributed by atoms with van der Waals surface area (Å²) in [4.78, 5) is 11.7. The maximum Gasteiger partial charge on any atom is 0.334 e. The predicted octanol–water partition coefficient (Wildman–Crippen LogP) is 6.03. The first kappa shape index (κ1) is 38.2. The zero-order valence-corrected chi connectivity index (χ0v) is 27.2. The van der Waals surface area contributed by atoms with Crippen LogP contribution in [-0.4, -0.2) is 80.3 Å². The summed E-state index contributed by atoms with van der Waals surface area (Å²) in [5.74, 6) is -0.365. The molecule has 8 atom stereocenters. The minimum absolute atomic E-state index is 0.178. The van der Waals surface area contributed by atoms with Crippen molar-refractivity contribution in [1.82, 2.24) is 0 Å². The Kier molecular flexibility index (Phi) is 19.9. The molecular formula is C35H64O8. The van der Waals surface area contributed by atoms with E-state index in [1.807, 2.05) is 0 Å². The molecule has 252 valence electrons. The quantitative estimate of drug-likeness (QED) is 0.0590. The number of carbonyl (C=O) groups excluding carboxylic acids is 1. The van der Waals surface area contributed by atoms with Crippen LogP contribution in [0.3, 0.4) is 0 Å². The van der Waals surface area contributed by atoms with E-state index in [0.717, 1.165) is 44.9 Å². The van der Waals surface area contributed by atoms with Crippen molar-refractivity contribution < 1.29 is 39.8 Å². The van der Waals surface area contributed by atoms with Gasteiger partial charge >= 0.3 is 5.97 Å². The highest BCUT2D eigenvalue weighted by atomic mass is 16.5. The highest BCUT2D eigenvalue weighted by Gasteiger charge is 2.34. The molecule has 2 aliphatic rings. The Labute approximate surface area is 261 Å². The Morgan fingerprint density at radius 1 is 0.674 bits per heavy atom. The summed E-state index contributed by atoms with van der Waals surface area (Å²) in [6.45, 7) is 4.03. The molecule has 0 aromatic rings. The van der Waals surface area contributed by atoms with Crippen molar-refractivity contribution >= 4 is 5.97 Å². The number of aliphatic hydroxyl groups is 5. The molecule has 2 heterocycles. The Morgan fingerprint density at radius 2 is 1.14 bits per heavy atom. The summed E-state index contributed by atoms with van der Waals surface area (Å²) in [5, 5.41) is 52.0. The number of hydrogen-bond acceptors (Lipinski definition) is 8. The van der Waals surface area contributed by atoms with Gasteiger partial charge in [-0.25, -0.2) is 4.79 Å². The molecule has 2 rings (SSSR count). The Morgan fingerprint density at radius 3 is 1.67 bits per heavy atom. The molecule has 0 saturated carbocycles. The number of rotatable bonds is 26. The highest BCUT2D eigenvalue weighted by molar-refractivity contribution is 5.90. The van der Waals surface area contributed by atoms with Crippen LogP contribution in [-0.2, 0) is 14.3 Å². The van der Waals surface area contributed by atoms with Crippen molar-refractivity contribution in [3.05, 3.63) is 11.6 Å². The fourth-order valence-corrected chi connectivity index (χ4v) is 6.48. The molecule has 43 heavy (non-hydrogen) atoms. The average molecular weight is 613 g/mol. The molecule has 8 heteroatoms. The van der Waals surface area contributed by atoms with E-state index in [9.17, 15) is 30.3 Å². The van der Waals surface area contributed by atoms with E-state index < -0.39 is 30.5 Å². The minimum Gasteiger partial charge on any atom is -0.455 e. The predicted molar refractivity (Wildman–Crippen MR) is 170 cm³/mol. The second kappa shape index (κ2) is 22.5. The molecule has 1 fully saturated rings. The number of ether oxygens (including phenoxy) is 2. The number of hydrogen-bond donors (Lipinski definition) is 5. The van der Waals surface area contributed by atoms with Gasteiger partial charge in [-0.15, -0.1) is 0 Å². The fraction of sp³-hybridized carbons (Fsp3) is 0.914. The highest BCUT2D eigenvalue weighted by Crippen LogP contribution is 2.28. The van der Waals surface area contributed by atoms with Gasteiger partial charge in [0, 0.05) is 12.0 Å². The van der Waals surface area contributed by atoms with Crippen LogP contribution >= 0.6 is 0 Å². The molecule has 0 spiro atoms. The molecule has 1 saturated heterocycles. The van der Waals surface area contributed by atoms with Gasteiger partial charge in [-0.05, 0) is 70.8 Å². The van der Waals surface area contributed by atoms with Crippen LogP contribution in [0.15, 0.2) is 11.6 Å². The van der Waals surface area contributed by atoms with Gasteiger partial charge in [0.1, 0.15) is 6.10 Å². The summed E-state index contributed by atoms with van der Waals surface area (Å²) < 4.78 is 11.1. The monoisotopic (exact) mass is 612 g/mol. The molecule has 5 N–H and O–H groups in total. The Hall–Kier alpha value is -1.03. The van der Waals surface area contributed by atoms with Crippen LogP contribution in [0.1, 0.15) is 155 Å². The van der Waals surface area contributed by atoms with Gasteiger partial charge in [-0.2, -0.15) is 0 Å². The van der Waals surface area contributed by atoms with E-state index >= 15 is 0 Å². The minimum atomic E-state index is -0.653. The summed E-state index contributed by atoms with van der Waals surface area (Å²) in [7, 11) is 0. The first-order chi connectivity index (χ1) is 20.7. The van der Waals surface area contributed by atoms with E-state index in [1.54, 1.807) is 13.0 Å². The zero-order valence-electron chi connectivity index (χ0n) is 27.2. The topological polar surface area (TPSA) is 137 Å². The molecule has 8 nitrogen and oxygen atoms in total. The SMILES string of the molecule is CCCCCCCCCCCCC(O)C1CCC(C(O)CCCCC(O)CC(O)CCCC(O)CC2=CC(C)OC2=O)O1. The van der Waals surface area contributed by atoms with Gasteiger partial charge in [0.15, 0.2) is 0 Å². The van der Waals surface area contributed by atoms with E-state index in [-0.39, 0.29) is 37.1 Å². The molecule has 0 aromatic heterocycles. The van der Waals surface area contributed by atoms with Crippen LogP contribution in [0.25, 0.3) is 0 Å². The number of esters is 1. The Bertz CT molecular complexity index is 758. The standard InChI is InChI=1S/C35H64O8/c1-3-4-5-6-7-8-9-10-11-12-19-31(39)33-21-22-34(43-33)32(40)20-14-13-16-29(37)25-30(38)18-15-17-28(36)24-27-23-26(2)42-35(27)41/h23,26,28-34,36-40H,3-22,24-25H2,1-2H3. The van der Waals surface area contributed by atoms with Gasteiger partial charge < -0.3 is 35.0 Å². The lowest BCUT2D eigenvalue weighted by molar-refractivity contribution is -0.139.